The lowest BCUT2D eigenvalue weighted by Gasteiger charge is -2.30. The van der Waals surface area contributed by atoms with E-state index in [1.165, 1.54) is 6.08 Å². The molecule has 2 aromatic carbocycles. The Hall–Kier alpha value is -3.57. The first-order valence-electron chi connectivity index (χ1n) is 16.2. The van der Waals surface area contributed by atoms with Crippen molar-refractivity contribution in [3.8, 4) is 5.75 Å². The second-order valence-electron chi connectivity index (χ2n) is 11.4. The van der Waals surface area contributed by atoms with Crippen molar-refractivity contribution in [1.82, 2.24) is 0 Å². The van der Waals surface area contributed by atoms with Crippen LogP contribution in [-0.4, -0.2) is 58.9 Å². The number of rotatable bonds is 20. The average molecular weight is 677 g/mol. The molecule has 0 amide bonds. The Morgan fingerprint density at radius 1 is 0.830 bits per heavy atom. The molecular weight excluding hydrogens is 630 g/mol. The quantitative estimate of drug-likeness (QED) is 0.106. The van der Waals surface area contributed by atoms with E-state index >= 15 is 8.78 Å². The lowest BCUT2D eigenvalue weighted by molar-refractivity contribution is -0.144. The van der Waals surface area contributed by atoms with Crippen molar-refractivity contribution in [2.45, 2.75) is 83.9 Å². The molecule has 2 aromatic rings. The van der Waals surface area contributed by atoms with Gasteiger partial charge in [0.15, 0.2) is 15.7 Å². The van der Waals surface area contributed by atoms with Gasteiger partial charge in [-0.05, 0) is 80.4 Å². The third kappa shape index (κ3) is 11.9. The summed E-state index contributed by atoms with van der Waals surface area (Å²) in [5.41, 5.74) is 2.90. The monoisotopic (exact) mass is 676 g/mol. The number of hydrogen-bond donors (Lipinski definition) is 0. The number of hydrogen-bond acceptors (Lipinski definition) is 8. The van der Waals surface area contributed by atoms with Crippen LogP contribution in [0, 0.1) is 0 Å². The normalized spacial score (nSPS) is 16.5. The van der Waals surface area contributed by atoms with Gasteiger partial charge in [-0.1, -0.05) is 55.3 Å². The van der Waals surface area contributed by atoms with Crippen molar-refractivity contribution >= 4 is 27.3 Å². The Labute approximate surface area is 277 Å². The summed E-state index contributed by atoms with van der Waals surface area (Å²) >= 11 is 0. The second-order valence-corrected chi connectivity index (χ2v) is 13.3. The lowest BCUT2D eigenvalue weighted by atomic mass is 9.93. The zero-order chi connectivity index (χ0) is 34.3. The van der Waals surface area contributed by atoms with Crippen LogP contribution in [0.5, 0.6) is 5.75 Å². The van der Waals surface area contributed by atoms with Gasteiger partial charge >= 0.3 is 11.9 Å². The molecule has 0 N–H and O–H groups in total. The smallest absolute Gasteiger partial charge is 0.306 e. The number of esters is 2. The van der Waals surface area contributed by atoms with E-state index in [2.05, 4.69) is 0 Å². The Kier molecular flexibility index (Phi) is 15.1. The molecule has 1 atom stereocenters. The minimum Gasteiger partial charge on any atom is -0.493 e. The van der Waals surface area contributed by atoms with Crippen LogP contribution in [0.2, 0.25) is 0 Å². The molecule has 1 unspecified atom stereocenters. The van der Waals surface area contributed by atoms with Crippen LogP contribution in [0.15, 0.2) is 65.3 Å². The van der Waals surface area contributed by atoms with Crippen molar-refractivity contribution in [2.75, 3.05) is 32.7 Å². The maximum atomic E-state index is 15.9. The van der Waals surface area contributed by atoms with Crippen molar-refractivity contribution in [3.05, 3.63) is 82.0 Å². The minimum absolute atomic E-state index is 0.0804. The molecule has 8 nitrogen and oxygen atoms in total. The first-order chi connectivity index (χ1) is 22.5. The number of carbonyl (C=O) groups excluding carboxylic acids is 2. The van der Waals surface area contributed by atoms with Crippen LogP contribution in [0.3, 0.4) is 0 Å². The van der Waals surface area contributed by atoms with Gasteiger partial charge in [-0.2, -0.15) is 0 Å². The first kappa shape index (κ1) is 37.9. The Bertz CT molecular complexity index is 1500. The largest absolute Gasteiger partial charge is 0.493 e. The second kappa shape index (κ2) is 18.7. The van der Waals surface area contributed by atoms with Crippen molar-refractivity contribution < 1.29 is 45.7 Å². The molecule has 0 bridgehead atoms. The van der Waals surface area contributed by atoms with E-state index in [1.54, 1.807) is 44.2 Å². The summed E-state index contributed by atoms with van der Waals surface area (Å²) in [6.07, 6.45) is 6.45. The maximum Gasteiger partial charge on any atom is 0.306 e. The number of allylic oxidation sites excluding steroid dienone is 1. The molecule has 11 heteroatoms. The van der Waals surface area contributed by atoms with E-state index in [1.807, 2.05) is 18.2 Å². The Morgan fingerprint density at radius 3 is 2.19 bits per heavy atom. The fourth-order valence-electron chi connectivity index (χ4n) is 5.36. The van der Waals surface area contributed by atoms with E-state index < -0.39 is 32.8 Å². The van der Waals surface area contributed by atoms with E-state index in [9.17, 15) is 18.0 Å². The van der Waals surface area contributed by atoms with Gasteiger partial charge in [0, 0.05) is 25.5 Å². The third-order valence-corrected chi connectivity index (χ3v) is 8.78. The highest BCUT2D eigenvalue weighted by molar-refractivity contribution is 7.94. The van der Waals surface area contributed by atoms with Crippen LogP contribution in [0.25, 0.3) is 5.57 Å². The van der Waals surface area contributed by atoms with Gasteiger partial charge in [-0.15, -0.1) is 0 Å². The van der Waals surface area contributed by atoms with Crippen LogP contribution in [0.4, 0.5) is 8.78 Å². The van der Waals surface area contributed by atoms with E-state index in [-0.39, 0.29) is 31.4 Å². The Morgan fingerprint density at radius 2 is 1.51 bits per heavy atom. The van der Waals surface area contributed by atoms with Gasteiger partial charge in [0.2, 0.25) is 0 Å². The highest BCUT2D eigenvalue weighted by Gasteiger charge is 2.44. The zero-order valence-electron chi connectivity index (χ0n) is 27.5. The molecule has 0 saturated carbocycles. The van der Waals surface area contributed by atoms with E-state index in [0.29, 0.717) is 68.8 Å². The van der Waals surface area contributed by atoms with Gasteiger partial charge in [0.1, 0.15) is 10.7 Å². The summed E-state index contributed by atoms with van der Waals surface area (Å²) in [6.45, 7) is 4.40. The van der Waals surface area contributed by atoms with Gasteiger partial charge in [0.25, 0.3) is 5.85 Å². The third-order valence-electron chi connectivity index (χ3n) is 7.69. The number of aryl methyl sites for hydroxylation is 1. The molecule has 1 aliphatic carbocycles. The molecule has 0 spiro atoms. The molecule has 0 aliphatic heterocycles. The van der Waals surface area contributed by atoms with Gasteiger partial charge in [0.05, 0.1) is 26.4 Å². The fraction of sp³-hybridized carbons (Fsp3) is 0.500. The fourth-order valence-corrected chi connectivity index (χ4v) is 6.20. The van der Waals surface area contributed by atoms with Gasteiger partial charge < -0.3 is 18.9 Å². The molecule has 0 fully saturated rings. The number of halogens is 2. The van der Waals surface area contributed by atoms with Gasteiger partial charge in [-0.25, -0.2) is 17.2 Å². The molecule has 258 valence electrons. The summed E-state index contributed by atoms with van der Waals surface area (Å²) in [6, 6.07) is 14.4. The molecule has 0 radical (unpaired) electrons. The predicted octanol–water partition coefficient (Wildman–Crippen LogP) is 7.40. The average Bonchev–Trinajstić information content (AvgIpc) is 3.03. The number of unbranched alkanes of at least 4 members (excludes halogenated alkanes) is 3. The van der Waals surface area contributed by atoms with E-state index in [0.717, 1.165) is 30.2 Å². The summed E-state index contributed by atoms with van der Waals surface area (Å²) in [5, 5.41) is 0. The molecule has 3 rings (SSSR count). The van der Waals surface area contributed by atoms with Crippen molar-refractivity contribution in [3.63, 3.8) is 0 Å². The predicted molar refractivity (Wildman–Crippen MR) is 177 cm³/mol. The minimum atomic E-state index is -4.03. The molecule has 0 saturated heterocycles. The number of benzene rings is 2. The highest BCUT2D eigenvalue weighted by Crippen LogP contribution is 2.43. The van der Waals surface area contributed by atoms with Gasteiger partial charge in [-0.3, -0.25) is 9.59 Å². The zero-order valence-corrected chi connectivity index (χ0v) is 28.3. The Balaban J connectivity index is 1.55. The standard InChI is InChI=1S/C36H46F2O8S/c1-4-43-33(39)20-14-23-45-31-19-13-18-28(30(31)21-22-34(40)44-5-2)17-9-6-7-12-24-46-36(38)26-29(27-15-10-8-11-16-27)25-32(35(36)37)47(3,41)42/h8,10-11,13,15-16,18-19,25H,4-7,9,12,14,17,20-24,26H2,1-3H3. The molecule has 0 aromatic heterocycles. The molecule has 1 aliphatic rings. The SMILES string of the molecule is CCOC(=O)CCCOc1cccc(CCCCCCOC2(F)CC(c3ccccc3)=CC(S(C)(=O)=O)=C2F)c1CCC(=O)OCC. The molecular formula is C36H46F2O8S. The summed E-state index contributed by atoms with van der Waals surface area (Å²) in [4.78, 5) is 23.1. The van der Waals surface area contributed by atoms with Crippen LogP contribution in [-0.2, 0) is 46.5 Å². The van der Waals surface area contributed by atoms with Crippen LogP contribution < -0.4 is 4.74 Å². The molecule has 47 heavy (non-hydrogen) atoms. The summed E-state index contributed by atoms with van der Waals surface area (Å²) in [5.74, 6) is -4.19. The number of sulfone groups is 1. The van der Waals surface area contributed by atoms with Crippen LogP contribution >= 0.6 is 0 Å². The van der Waals surface area contributed by atoms with E-state index in [4.69, 9.17) is 18.9 Å². The van der Waals surface area contributed by atoms with Crippen molar-refractivity contribution in [1.29, 1.82) is 0 Å². The first-order valence-corrected chi connectivity index (χ1v) is 18.1. The number of carbonyl (C=O) groups is 2. The number of ether oxygens (including phenoxy) is 4. The maximum absolute atomic E-state index is 15.9. The lowest BCUT2D eigenvalue weighted by Crippen LogP contribution is -2.33. The van der Waals surface area contributed by atoms with Crippen LogP contribution in [0.1, 0.15) is 81.9 Å². The summed E-state index contributed by atoms with van der Waals surface area (Å²) in [7, 11) is -4.03. The summed E-state index contributed by atoms with van der Waals surface area (Å²) < 4.78 is 77.1. The van der Waals surface area contributed by atoms with Crippen molar-refractivity contribution in [2.24, 2.45) is 0 Å². The molecule has 0 heterocycles. The number of alkyl halides is 1. The highest BCUT2D eigenvalue weighted by atomic mass is 32.2. The topological polar surface area (TPSA) is 105 Å².